The van der Waals surface area contributed by atoms with Crippen molar-refractivity contribution >= 4 is 8.60 Å². The molecule has 0 aliphatic carbocycles. The summed E-state index contributed by atoms with van der Waals surface area (Å²) in [4.78, 5) is 9.84. The molecule has 0 saturated carbocycles. The number of nitrogens with zero attached hydrogens (tertiary/aromatic N) is 1. The van der Waals surface area contributed by atoms with Gasteiger partial charge >= 0.3 is 8.60 Å². The number of quaternary nitrogens is 1. The van der Waals surface area contributed by atoms with E-state index in [-0.39, 0.29) is 19.3 Å². The van der Waals surface area contributed by atoms with Gasteiger partial charge in [0.1, 0.15) is 18.8 Å². The van der Waals surface area contributed by atoms with E-state index in [0.717, 1.165) is 17.4 Å². The highest BCUT2D eigenvalue weighted by Crippen LogP contribution is 2.34. The Bertz CT molecular complexity index is 395. The number of aliphatic hydroxyl groups excluding tert-OH is 1. The number of hydrogen-bond donors (Lipinski definition) is 2. The van der Waals surface area contributed by atoms with Crippen molar-refractivity contribution < 1.29 is 28.3 Å². The van der Waals surface area contributed by atoms with Gasteiger partial charge in [0.05, 0.1) is 34.4 Å². The van der Waals surface area contributed by atoms with Crippen LogP contribution in [0.3, 0.4) is 0 Å². The molecule has 0 rings (SSSR count). The van der Waals surface area contributed by atoms with Gasteiger partial charge in [-0.3, -0.25) is 0 Å². The second kappa shape index (κ2) is 21.7. The summed E-state index contributed by atoms with van der Waals surface area (Å²) in [7, 11) is 4.24. The molecule has 3 unspecified atom stereocenters. The Morgan fingerprint density at radius 1 is 0.750 bits per heavy atom. The molecule has 7 heteroatoms. The smallest absolute Gasteiger partial charge is 0.330 e. The third-order valence-electron chi connectivity index (χ3n) is 5.40. The molecule has 0 amide bonds. The molecule has 0 aliphatic heterocycles. The lowest BCUT2D eigenvalue weighted by Crippen LogP contribution is -2.40. The van der Waals surface area contributed by atoms with E-state index in [2.05, 4.69) is 28.1 Å². The van der Waals surface area contributed by atoms with Crippen LogP contribution in [0.25, 0.3) is 0 Å². The number of unbranched alkanes of at least 4 members (excludes halogenated alkanes) is 13. The predicted octanol–water partition coefficient (Wildman–Crippen LogP) is 6.19. The molecule has 194 valence electrons. The fourth-order valence-electron chi connectivity index (χ4n) is 3.80. The zero-order valence-electron chi connectivity index (χ0n) is 21.9. The van der Waals surface area contributed by atoms with Gasteiger partial charge in [-0.1, -0.05) is 90.4 Å². The monoisotopic (exact) mass is 480 g/mol. The molecule has 2 N–H and O–H groups in total. The first-order chi connectivity index (χ1) is 15.2. The molecule has 0 bridgehead atoms. The summed E-state index contributed by atoms with van der Waals surface area (Å²) in [6, 6.07) is 0. The van der Waals surface area contributed by atoms with Gasteiger partial charge < -0.3 is 28.3 Å². The zero-order valence-corrected chi connectivity index (χ0v) is 22.8. The highest BCUT2D eigenvalue weighted by Gasteiger charge is 2.20. The van der Waals surface area contributed by atoms with E-state index in [1.54, 1.807) is 0 Å². The van der Waals surface area contributed by atoms with Crippen LogP contribution >= 0.6 is 8.60 Å². The molecule has 0 saturated heterocycles. The average Bonchev–Trinajstić information content (AvgIpc) is 2.70. The van der Waals surface area contributed by atoms with Gasteiger partial charge in [0.25, 0.3) is 0 Å². The van der Waals surface area contributed by atoms with E-state index in [1.165, 1.54) is 83.5 Å². The van der Waals surface area contributed by atoms with E-state index in [1.807, 2.05) is 6.92 Å². The van der Waals surface area contributed by atoms with Crippen molar-refractivity contribution in [1.82, 2.24) is 0 Å². The molecular weight excluding hydrogens is 425 g/mol. The van der Waals surface area contributed by atoms with Gasteiger partial charge in [0.15, 0.2) is 0 Å². The maximum atomic E-state index is 9.92. The van der Waals surface area contributed by atoms with E-state index < -0.39 is 14.7 Å². The summed E-state index contributed by atoms with van der Waals surface area (Å²) < 4.78 is 17.0. The third-order valence-corrected chi connectivity index (χ3v) is 6.31. The second-order valence-electron chi connectivity index (χ2n) is 10.2. The molecule has 32 heavy (non-hydrogen) atoms. The van der Waals surface area contributed by atoms with Gasteiger partial charge in [-0.2, -0.15) is 0 Å². The minimum Gasteiger partial charge on any atom is -0.388 e. The fourth-order valence-corrected chi connectivity index (χ4v) is 4.54. The quantitative estimate of drug-likeness (QED) is 0.0979. The van der Waals surface area contributed by atoms with Crippen molar-refractivity contribution in [3.8, 4) is 0 Å². The summed E-state index contributed by atoms with van der Waals surface area (Å²) in [5.41, 5.74) is 0. The highest BCUT2D eigenvalue weighted by molar-refractivity contribution is 7.40. The van der Waals surface area contributed by atoms with Gasteiger partial charge in [0, 0.05) is 6.61 Å². The number of ether oxygens (including phenoxy) is 1. The highest BCUT2D eigenvalue weighted by atomic mass is 31.2. The van der Waals surface area contributed by atoms with Crippen LogP contribution in [-0.2, 0) is 13.8 Å². The van der Waals surface area contributed by atoms with Crippen LogP contribution < -0.4 is 0 Å². The lowest BCUT2D eigenvalue weighted by molar-refractivity contribution is -0.873. The van der Waals surface area contributed by atoms with Crippen molar-refractivity contribution in [2.24, 2.45) is 0 Å². The molecule has 0 aliphatic rings. The standard InChI is InChI=1S/C25H55NO5P/c1-6-7-8-9-10-11-12-13-14-15-16-17-18-19-20-29-22-25(27)23-30-32(28)31-24(2)21-26(3,4)5/h24-25,27-28H,6-23H2,1-5H3/q+1. The van der Waals surface area contributed by atoms with Crippen LogP contribution in [0, 0.1) is 0 Å². The lowest BCUT2D eigenvalue weighted by Gasteiger charge is -2.28. The predicted molar refractivity (Wildman–Crippen MR) is 136 cm³/mol. The Hall–Kier alpha value is 0.190. The van der Waals surface area contributed by atoms with E-state index in [0.29, 0.717) is 6.61 Å². The SMILES string of the molecule is CCCCCCCCCCCCCCCCOCC(O)COP(O)OC(C)C[N+](C)(C)C. The topological polar surface area (TPSA) is 68.2 Å². The van der Waals surface area contributed by atoms with Crippen LogP contribution in [0.2, 0.25) is 0 Å². The summed E-state index contributed by atoms with van der Waals surface area (Å²) in [5, 5.41) is 9.92. The maximum absolute atomic E-state index is 9.92. The van der Waals surface area contributed by atoms with Gasteiger partial charge in [-0.15, -0.1) is 0 Å². The third kappa shape index (κ3) is 24.8. The second-order valence-corrected chi connectivity index (χ2v) is 11.2. The van der Waals surface area contributed by atoms with Gasteiger partial charge in [-0.25, -0.2) is 0 Å². The Balaban J connectivity index is 3.36. The van der Waals surface area contributed by atoms with Gasteiger partial charge in [-0.05, 0) is 13.3 Å². The van der Waals surface area contributed by atoms with E-state index >= 15 is 0 Å². The van der Waals surface area contributed by atoms with Crippen LogP contribution in [0.1, 0.15) is 104 Å². The van der Waals surface area contributed by atoms with Crippen LogP contribution in [0.15, 0.2) is 0 Å². The van der Waals surface area contributed by atoms with Crippen molar-refractivity contribution in [1.29, 1.82) is 0 Å². The summed E-state index contributed by atoms with van der Waals surface area (Å²) in [6.07, 6.45) is 17.9. The summed E-state index contributed by atoms with van der Waals surface area (Å²) >= 11 is 0. The Morgan fingerprint density at radius 3 is 1.69 bits per heavy atom. The van der Waals surface area contributed by atoms with Crippen LogP contribution in [0.5, 0.6) is 0 Å². The largest absolute Gasteiger partial charge is 0.388 e. The summed E-state index contributed by atoms with van der Waals surface area (Å²) in [5.74, 6) is 0. The first-order valence-corrected chi connectivity index (χ1v) is 14.2. The number of hydrogen-bond acceptors (Lipinski definition) is 5. The molecule has 0 aromatic carbocycles. The lowest BCUT2D eigenvalue weighted by atomic mass is 10.0. The molecule has 0 fully saturated rings. The first-order valence-electron chi connectivity index (χ1n) is 13.1. The van der Waals surface area contributed by atoms with Crippen LogP contribution in [-0.4, -0.2) is 74.2 Å². The van der Waals surface area contributed by atoms with Gasteiger partial charge in [0.2, 0.25) is 0 Å². The number of rotatable bonds is 24. The maximum Gasteiger partial charge on any atom is 0.330 e. The Labute approximate surface area is 200 Å². The van der Waals surface area contributed by atoms with E-state index in [4.69, 9.17) is 13.8 Å². The number of aliphatic hydroxyl groups is 1. The molecule has 6 nitrogen and oxygen atoms in total. The Morgan fingerprint density at radius 2 is 1.22 bits per heavy atom. The first kappa shape index (κ1) is 32.2. The van der Waals surface area contributed by atoms with Crippen molar-refractivity contribution in [2.75, 3.05) is 47.5 Å². The van der Waals surface area contributed by atoms with E-state index in [9.17, 15) is 10.00 Å². The Kier molecular flexibility index (Phi) is 21.8. The molecule has 0 heterocycles. The fraction of sp³-hybridized carbons (Fsp3) is 1.00. The minimum absolute atomic E-state index is 0.0258. The molecule has 0 spiro atoms. The minimum atomic E-state index is -1.97. The van der Waals surface area contributed by atoms with Crippen LogP contribution in [0.4, 0.5) is 0 Å². The van der Waals surface area contributed by atoms with Crippen molar-refractivity contribution in [2.45, 2.75) is 116 Å². The summed E-state index contributed by atoms with van der Waals surface area (Å²) in [6.45, 7) is 5.88. The molecule has 3 atom stereocenters. The molecule has 0 aromatic heterocycles. The normalized spacial score (nSPS) is 15.1. The van der Waals surface area contributed by atoms with Crippen molar-refractivity contribution in [3.63, 3.8) is 0 Å². The molecular formula is C25H55NO5P+. The zero-order chi connectivity index (χ0) is 24.1. The molecule has 0 aromatic rings. The average molecular weight is 481 g/mol. The number of likely N-dealkylation sites (N-methyl/N-ethyl adjacent to an activating group) is 1. The molecule has 0 radical (unpaired) electrons. The van der Waals surface area contributed by atoms with Crippen molar-refractivity contribution in [3.05, 3.63) is 0 Å².